The highest BCUT2D eigenvalue weighted by Crippen LogP contribution is 2.53. The van der Waals surface area contributed by atoms with Crippen LogP contribution in [0.5, 0.6) is 5.75 Å². The van der Waals surface area contributed by atoms with Gasteiger partial charge in [0.05, 0.1) is 12.0 Å². The van der Waals surface area contributed by atoms with Gasteiger partial charge in [-0.1, -0.05) is 66.7 Å². The van der Waals surface area contributed by atoms with Gasteiger partial charge in [0.25, 0.3) is 0 Å². The molecule has 4 heteroatoms. The Hall–Kier alpha value is -3.40. The summed E-state index contributed by atoms with van der Waals surface area (Å²) in [6.45, 7) is 1.93. The van der Waals surface area contributed by atoms with Crippen molar-refractivity contribution < 1.29 is 19.4 Å². The maximum absolute atomic E-state index is 13.4. The summed E-state index contributed by atoms with van der Waals surface area (Å²) in [4.78, 5) is 26.5. The number of ketones is 1. The number of ether oxygens (including phenoxy) is 1. The zero-order chi connectivity index (χ0) is 19.7. The molecule has 0 fully saturated rings. The molecule has 3 aromatic carbocycles. The van der Waals surface area contributed by atoms with E-state index in [-0.39, 0.29) is 18.1 Å². The fraction of sp³-hybridized carbons (Fsp3) is 0.167. The first-order valence-electron chi connectivity index (χ1n) is 9.26. The van der Waals surface area contributed by atoms with E-state index in [2.05, 4.69) is 0 Å². The summed E-state index contributed by atoms with van der Waals surface area (Å²) in [6, 6.07) is 23.6. The summed E-state index contributed by atoms with van der Waals surface area (Å²) < 4.78 is 5.34. The highest BCUT2D eigenvalue weighted by Gasteiger charge is 2.58. The van der Waals surface area contributed by atoms with Gasteiger partial charge in [0.1, 0.15) is 11.7 Å². The fourth-order valence-electron chi connectivity index (χ4n) is 4.30. The van der Waals surface area contributed by atoms with E-state index in [1.165, 1.54) is 0 Å². The average Bonchev–Trinajstić information content (AvgIpc) is 2.99. The number of carbonyl (C=O) groups is 2. The SMILES string of the molecule is CCOC(=O)C1C(=O)c2ccccc2C1(c1ccccc1)c1ccc(O)cc1. The molecule has 140 valence electrons. The second-order valence-corrected chi connectivity index (χ2v) is 6.82. The van der Waals surface area contributed by atoms with E-state index in [1.807, 2.05) is 42.5 Å². The Bertz CT molecular complexity index is 1020. The summed E-state index contributed by atoms with van der Waals surface area (Å²) >= 11 is 0. The first-order valence-corrected chi connectivity index (χ1v) is 9.26. The van der Waals surface area contributed by atoms with Crippen molar-refractivity contribution in [2.45, 2.75) is 12.3 Å². The first kappa shape index (κ1) is 18.0. The van der Waals surface area contributed by atoms with Crippen LogP contribution in [0.15, 0.2) is 78.9 Å². The van der Waals surface area contributed by atoms with E-state index >= 15 is 0 Å². The van der Waals surface area contributed by atoms with Crippen LogP contribution in [0.25, 0.3) is 0 Å². The van der Waals surface area contributed by atoms with Crippen LogP contribution in [0.4, 0.5) is 0 Å². The molecule has 4 nitrogen and oxygen atoms in total. The third kappa shape index (κ3) is 2.53. The highest BCUT2D eigenvalue weighted by molar-refractivity contribution is 6.15. The summed E-state index contributed by atoms with van der Waals surface area (Å²) in [5.41, 5.74) is 1.87. The third-order valence-corrected chi connectivity index (χ3v) is 5.39. The molecule has 1 N–H and O–H groups in total. The van der Waals surface area contributed by atoms with Crippen molar-refractivity contribution in [2.75, 3.05) is 6.61 Å². The number of Topliss-reactive ketones (excluding diaryl/α,β-unsaturated/α-hetero) is 1. The lowest BCUT2D eigenvalue weighted by Gasteiger charge is -2.35. The predicted octanol–water partition coefficient (Wildman–Crippen LogP) is 4.10. The zero-order valence-electron chi connectivity index (χ0n) is 15.5. The maximum Gasteiger partial charge on any atom is 0.318 e. The highest BCUT2D eigenvalue weighted by atomic mass is 16.5. The van der Waals surface area contributed by atoms with Crippen LogP contribution >= 0.6 is 0 Å². The lowest BCUT2D eigenvalue weighted by atomic mass is 9.65. The normalized spacial score (nSPS) is 20.6. The van der Waals surface area contributed by atoms with Gasteiger partial charge in [0.15, 0.2) is 5.78 Å². The number of esters is 1. The van der Waals surface area contributed by atoms with Gasteiger partial charge < -0.3 is 9.84 Å². The van der Waals surface area contributed by atoms with E-state index in [1.54, 1.807) is 43.3 Å². The maximum atomic E-state index is 13.4. The van der Waals surface area contributed by atoms with Crippen molar-refractivity contribution in [3.05, 3.63) is 101 Å². The minimum absolute atomic E-state index is 0.122. The van der Waals surface area contributed by atoms with Crippen molar-refractivity contribution in [1.29, 1.82) is 0 Å². The van der Waals surface area contributed by atoms with Gasteiger partial charge >= 0.3 is 5.97 Å². The molecule has 2 unspecified atom stereocenters. The molecule has 4 rings (SSSR count). The summed E-state index contributed by atoms with van der Waals surface area (Å²) in [6.07, 6.45) is 0. The van der Waals surface area contributed by atoms with Crippen LogP contribution in [0.1, 0.15) is 34.0 Å². The second kappa shape index (κ2) is 6.97. The summed E-state index contributed by atoms with van der Waals surface area (Å²) in [5.74, 6) is -1.69. The lowest BCUT2D eigenvalue weighted by molar-refractivity contribution is -0.147. The van der Waals surface area contributed by atoms with Gasteiger partial charge in [0, 0.05) is 5.56 Å². The van der Waals surface area contributed by atoms with Crippen LogP contribution < -0.4 is 0 Å². The van der Waals surface area contributed by atoms with Crippen LogP contribution in [0, 0.1) is 5.92 Å². The number of hydrogen-bond acceptors (Lipinski definition) is 4. The molecule has 0 aromatic heterocycles. The van der Waals surface area contributed by atoms with E-state index in [4.69, 9.17) is 4.74 Å². The van der Waals surface area contributed by atoms with Gasteiger partial charge in [0.2, 0.25) is 0 Å². The Kier molecular flexibility index (Phi) is 4.47. The van der Waals surface area contributed by atoms with E-state index < -0.39 is 17.3 Å². The monoisotopic (exact) mass is 372 g/mol. The molecule has 0 amide bonds. The number of phenols is 1. The van der Waals surface area contributed by atoms with Crippen molar-refractivity contribution in [3.8, 4) is 5.75 Å². The number of carbonyl (C=O) groups excluding carboxylic acids is 2. The smallest absolute Gasteiger partial charge is 0.318 e. The molecule has 28 heavy (non-hydrogen) atoms. The molecule has 1 aliphatic carbocycles. The molecule has 0 saturated heterocycles. The molecule has 0 spiro atoms. The number of benzene rings is 3. The summed E-state index contributed by atoms with van der Waals surface area (Å²) in [5, 5.41) is 9.80. The Labute approximate surface area is 163 Å². The van der Waals surface area contributed by atoms with Crippen molar-refractivity contribution in [1.82, 2.24) is 0 Å². The topological polar surface area (TPSA) is 63.6 Å². The Morgan fingerprint density at radius 2 is 1.54 bits per heavy atom. The summed E-state index contributed by atoms with van der Waals surface area (Å²) in [7, 11) is 0. The number of hydrogen-bond donors (Lipinski definition) is 1. The van der Waals surface area contributed by atoms with Crippen LogP contribution in [-0.2, 0) is 14.9 Å². The van der Waals surface area contributed by atoms with Crippen molar-refractivity contribution in [3.63, 3.8) is 0 Å². The molecule has 2 atom stereocenters. The second-order valence-electron chi connectivity index (χ2n) is 6.82. The molecule has 0 radical (unpaired) electrons. The third-order valence-electron chi connectivity index (χ3n) is 5.39. The van der Waals surface area contributed by atoms with Gasteiger partial charge in [-0.15, -0.1) is 0 Å². The zero-order valence-corrected chi connectivity index (χ0v) is 15.5. The van der Waals surface area contributed by atoms with Crippen LogP contribution in [0.3, 0.4) is 0 Å². The predicted molar refractivity (Wildman–Crippen MR) is 105 cm³/mol. The van der Waals surface area contributed by atoms with Crippen LogP contribution in [-0.4, -0.2) is 23.5 Å². The standard InChI is InChI=1S/C24H20O4/c1-2-28-23(27)21-22(26)19-10-6-7-11-20(19)24(21,16-8-4-3-5-9-16)17-12-14-18(25)15-13-17/h3-15,21,25H,2H2,1H3. The quantitative estimate of drug-likeness (QED) is 0.553. The van der Waals surface area contributed by atoms with Gasteiger partial charge in [-0.3, -0.25) is 9.59 Å². The fourth-order valence-corrected chi connectivity index (χ4v) is 4.30. The molecule has 0 aliphatic heterocycles. The average molecular weight is 372 g/mol. The van der Waals surface area contributed by atoms with E-state index in [0.29, 0.717) is 5.56 Å². The van der Waals surface area contributed by atoms with Gasteiger partial charge in [-0.2, -0.15) is 0 Å². The van der Waals surface area contributed by atoms with E-state index in [0.717, 1.165) is 16.7 Å². The first-order chi connectivity index (χ1) is 13.6. The Balaban J connectivity index is 2.10. The number of phenolic OH excluding ortho intramolecular Hbond substituents is 1. The number of rotatable bonds is 4. The largest absolute Gasteiger partial charge is 0.508 e. The number of aromatic hydroxyl groups is 1. The Morgan fingerprint density at radius 1 is 0.929 bits per heavy atom. The van der Waals surface area contributed by atoms with Crippen molar-refractivity contribution >= 4 is 11.8 Å². The Morgan fingerprint density at radius 3 is 2.21 bits per heavy atom. The lowest BCUT2D eigenvalue weighted by Crippen LogP contribution is -2.42. The van der Waals surface area contributed by atoms with Gasteiger partial charge in [-0.05, 0) is 35.7 Å². The molecule has 0 bridgehead atoms. The van der Waals surface area contributed by atoms with Crippen molar-refractivity contribution in [2.24, 2.45) is 5.92 Å². The molecule has 1 aliphatic rings. The van der Waals surface area contributed by atoms with E-state index in [9.17, 15) is 14.7 Å². The number of fused-ring (bicyclic) bond motifs is 1. The molecule has 0 saturated carbocycles. The molecular weight excluding hydrogens is 352 g/mol. The molecular formula is C24H20O4. The van der Waals surface area contributed by atoms with Gasteiger partial charge in [-0.25, -0.2) is 0 Å². The minimum atomic E-state index is -1.03. The molecule has 0 heterocycles. The van der Waals surface area contributed by atoms with Crippen LogP contribution in [0.2, 0.25) is 0 Å². The molecule has 3 aromatic rings. The minimum Gasteiger partial charge on any atom is -0.508 e.